The minimum atomic E-state index is -1.49. The number of esters is 1. The van der Waals surface area contributed by atoms with Crippen LogP contribution in [0.3, 0.4) is 0 Å². The Hall–Kier alpha value is -6.53. The zero-order valence-electron chi connectivity index (χ0n) is 48.1. The van der Waals surface area contributed by atoms with Crippen LogP contribution >= 0.6 is 0 Å². The van der Waals surface area contributed by atoms with E-state index in [0.29, 0.717) is 12.8 Å². The molecule has 1 saturated carbocycles. The monoisotopic (exact) mass is 1070 g/mol. The minimum absolute atomic E-state index is 0.0243. The molecule has 0 aromatic heterocycles. The highest BCUT2D eigenvalue weighted by Gasteiger charge is 2.45. The van der Waals surface area contributed by atoms with Gasteiger partial charge in [-0.3, -0.25) is 33.6 Å². The fraction of sp³-hybridized carbons (Fsp3) is 0.638. The molecular weight excluding hydrogens is 985 g/mol. The fourth-order valence-corrected chi connectivity index (χ4v) is 9.14. The SMILES string of the molecule is COC(=O)[C@@H](NC(=O)[C@H](Cc1ccccc1)NC(=O)[C@H](CC(C)C)NC(=O)[C@H](NC(=O)C1(NC(=O)[C@@H](NC(=O)[C@H](Cc2ccccc2)NC(=O)[C@H](CC(C)C)NC(=O)OC(C)(C)C)C(C)C)CCCCC1)C(C)C)C(C)C. The molecule has 19 heteroatoms. The van der Waals surface area contributed by atoms with Crippen molar-refractivity contribution in [1.82, 2.24) is 42.5 Å². The Labute approximate surface area is 456 Å². The van der Waals surface area contributed by atoms with Crippen molar-refractivity contribution in [3.63, 3.8) is 0 Å². The number of benzene rings is 2. The van der Waals surface area contributed by atoms with Gasteiger partial charge in [-0.2, -0.15) is 0 Å². The lowest BCUT2D eigenvalue weighted by molar-refractivity contribution is -0.146. The van der Waals surface area contributed by atoms with Crippen LogP contribution in [-0.2, 0) is 60.7 Å². The van der Waals surface area contributed by atoms with Crippen LogP contribution in [-0.4, -0.2) is 114 Å². The Balaban J connectivity index is 1.90. The zero-order valence-corrected chi connectivity index (χ0v) is 48.1. The molecule has 0 radical (unpaired) electrons. The highest BCUT2D eigenvalue weighted by atomic mass is 16.6. The maximum absolute atomic E-state index is 14.8. The standard InChI is InChI=1S/C58H90N8O11/c1-34(2)30-41(48(67)59-44(33-40-26-20-16-21-27-40)51(70)64-47(38(9)10)54(73)76-14)61-52(71)45(36(5)6)65-55(74)58(28-22-17-23-29-58)66-53(72)46(37(7)8)63-50(69)43(32-39-24-18-15-19-25-39)60-49(68)42(31-35(3)4)62-56(75)77-57(11,12)13/h15-16,18-21,24-27,34-38,41-47H,17,22-23,28-33H2,1-14H3,(H,59,67)(H,60,68)(H,61,71)(H,62,75)(H,63,69)(H,64,70)(H,65,74)(H,66,72)/t41-,42-,43-,44-,45+,46-,47-/m0/s1. The van der Waals surface area contributed by atoms with Crippen molar-refractivity contribution < 1.29 is 52.6 Å². The number of rotatable bonds is 27. The molecule has 0 bridgehead atoms. The number of methoxy groups -OCH3 is 1. The van der Waals surface area contributed by atoms with E-state index in [0.717, 1.165) is 17.5 Å². The first-order valence-corrected chi connectivity index (χ1v) is 27.4. The van der Waals surface area contributed by atoms with Gasteiger partial charge in [0, 0.05) is 12.8 Å². The summed E-state index contributed by atoms with van der Waals surface area (Å²) in [5.41, 5.74) is -0.847. The van der Waals surface area contributed by atoms with Crippen LogP contribution in [0.15, 0.2) is 60.7 Å². The quantitative estimate of drug-likeness (QED) is 0.0531. The lowest BCUT2D eigenvalue weighted by Gasteiger charge is -2.39. The second-order valence-corrected chi connectivity index (χ2v) is 23.3. The molecule has 0 aliphatic heterocycles. The summed E-state index contributed by atoms with van der Waals surface area (Å²) in [5.74, 6) is -6.54. The first-order valence-electron chi connectivity index (χ1n) is 27.4. The predicted octanol–water partition coefficient (Wildman–Crippen LogP) is 5.33. The van der Waals surface area contributed by atoms with E-state index in [1.54, 1.807) is 111 Å². The summed E-state index contributed by atoms with van der Waals surface area (Å²) in [6.45, 7) is 23.2. The van der Waals surface area contributed by atoms with Crippen LogP contribution in [0, 0.1) is 29.6 Å². The Morgan fingerprint density at radius 3 is 1.27 bits per heavy atom. The molecule has 1 fully saturated rings. The summed E-state index contributed by atoms with van der Waals surface area (Å²) in [6, 6.07) is 10.2. The number of hydrogen-bond acceptors (Lipinski definition) is 11. The summed E-state index contributed by atoms with van der Waals surface area (Å²) in [7, 11) is 1.23. The average Bonchev–Trinajstić information content (AvgIpc) is 3.34. The van der Waals surface area contributed by atoms with Gasteiger partial charge < -0.3 is 52.0 Å². The molecule has 7 atom stereocenters. The van der Waals surface area contributed by atoms with Gasteiger partial charge in [-0.15, -0.1) is 0 Å². The van der Waals surface area contributed by atoms with Crippen molar-refractivity contribution >= 4 is 53.4 Å². The molecule has 1 aliphatic rings. The van der Waals surface area contributed by atoms with Crippen molar-refractivity contribution in [2.75, 3.05) is 7.11 Å². The third-order valence-electron chi connectivity index (χ3n) is 13.3. The molecule has 428 valence electrons. The van der Waals surface area contributed by atoms with Crippen molar-refractivity contribution in [3.8, 4) is 0 Å². The molecule has 8 N–H and O–H groups in total. The third kappa shape index (κ3) is 21.4. The van der Waals surface area contributed by atoms with E-state index >= 15 is 0 Å². The Kier molecular flexibility index (Phi) is 25.6. The molecule has 8 amide bonds. The largest absolute Gasteiger partial charge is 0.467 e. The second kappa shape index (κ2) is 30.4. The van der Waals surface area contributed by atoms with Gasteiger partial charge in [0.05, 0.1) is 7.11 Å². The number of hydrogen-bond donors (Lipinski definition) is 8. The lowest BCUT2D eigenvalue weighted by Crippen LogP contribution is -2.67. The first kappa shape index (κ1) is 64.8. The smallest absolute Gasteiger partial charge is 0.408 e. The van der Waals surface area contributed by atoms with Gasteiger partial charge in [0.15, 0.2) is 0 Å². The molecule has 1 aliphatic carbocycles. The molecular formula is C58H90N8O11. The molecule has 3 rings (SSSR count). The Bertz CT molecular complexity index is 2280. The summed E-state index contributed by atoms with van der Waals surface area (Å²) in [6.07, 6.45) is 2.18. The van der Waals surface area contributed by atoms with Gasteiger partial charge in [-0.05, 0) is 87.2 Å². The van der Waals surface area contributed by atoms with E-state index in [4.69, 9.17) is 9.47 Å². The summed E-state index contributed by atoms with van der Waals surface area (Å²) in [5, 5.41) is 22.7. The van der Waals surface area contributed by atoms with Gasteiger partial charge in [-0.25, -0.2) is 9.59 Å². The maximum atomic E-state index is 14.8. The van der Waals surface area contributed by atoms with E-state index < -0.39 is 119 Å². The first-order chi connectivity index (χ1) is 36.1. The topological polar surface area (TPSA) is 268 Å². The minimum Gasteiger partial charge on any atom is -0.467 e. The van der Waals surface area contributed by atoms with E-state index in [1.165, 1.54) is 7.11 Å². The van der Waals surface area contributed by atoms with E-state index in [1.807, 2.05) is 39.8 Å². The van der Waals surface area contributed by atoms with Gasteiger partial charge in [0.25, 0.3) is 0 Å². The molecule has 2 aromatic carbocycles. The van der Waals surface area contributed by atoms with Crippen LogP contribution in [0.2, 0.25) is 0 Å². The molecule has 0 unspecified atom stereocenters. The van der Waals surface area contributed by atoms with Crippen molar-refractivity contribution in [3.05, 3.63) is 71.8 Å². The van der Waals surface area contributed by atoms with Crippen LogP contribution < -0.4 is 42.5 Å². The van der Waals surface area contributed by atoms with E-state index in [-0.39, 0.29) is 56.3 Å². The summed E-state index contributed by atoms with van der Waals surface area (Å²) in [4.78, 5) is 126. The molecule has 0 heterocycles. The van der Waals surface area contributed by atoms with Gasteiger partial charge in [-0.1, -0.05) is 149 Å². The number of ether oxygens (including phenoxy) is 2. The maximum Gasteiger partial charge on any atom is 0.408 e. The summed E-state index contributed by atoms with van der Waals surface area (Å²) < 4.78 is 10.4. The molecule has 2 aromatic rings. The van der Waals surface area contributed by atoms with Crippen molar-refractivity contribution in [2.24, 2.45) is 29.6 Å². The van der Waals surface area contributed by atoms with E-state index in [9.17, 15) is 43.2 Å². The van der Waals surface area contributed by atoms with Crippen molar-refractivity contribution in [2.45, 2.75) is 201 Å². The number of amides is 8. The third-order valence-corrected chi connectivity index (χ3v) is 13.3. The highest BCUT2D eigenvalue weighted by Crippen LogP contribution is 2.30. The number of carbonyl (C=O) groups excluding carboxylic acids is 9. The van der Waals surface area contributed by atoms with E-state index in [2.05, 4.69) is 42.5 Å². The number of carbonyl (C=O) groups is 9. The van der Waals surface area contributed by atoms with Gasteiger partial charge in [0.1, 0.15) is 53.4 Å². The van der Waals surface area contributed by atoms with Crippen LogP contribution in [0.1, 0.15) is 146 Å². The predicted molar refractivity (Wildman–Crippen MR) is 294 cm³/mol. The van der Waals surface area contributed by atoms with Crippen LogP contribution in [0.4, 0.5) is 4.79 Å². The fourth-order valence-electron chi connectivity index (χ4n) is 9.14. The lowest BCUT2D eigenvalue weighted by atomic mass is 9.80. The molecule has 0 saturated heterocycles. The second-order valence-electron chi connectivity index (χ2n) is 23.3. The number of nitrogens with one attached hydrogen (secondary N) is 8. The normalized spacial score (nSPS) is 16.1. The van der Waals surface area contributed by atoms with Crippen molar-refractivity contribution in [1.29, 1.82) is 0 Å². The Morgan fingerprint density at radius 2 is 0.870 bits per heavy atom. The van der Waals surface area contributed by atoms with Gasteiger partial charge in [0.2, 0.25) is 41.4 Å². The van der Waals surface area contributed by atoms with Crippen LogP contribution in [0.5, 0.6) is 0 Å². The van der Waals surface area contributed by atoms with Crippen LogP contribution in [0.25, 0.3) is 0 Å². The average molecular weight is 1080 g/mol. The molecule has 0 spiro atoms. The number of alkyl carbamates (subject to hydrolysis) is 1. The molecule has 77 heavy (non-hydrogen) atoms. The van der Waals surface area contributed by atoms with Gasteiger partial charge >= 0.3 is 12.1 Å². The summed E-state index contributed by atoms with van der Waals surface area (Å²) >= 11 is 0. The highest BCUT2D eigenvalue weighted by molar-refractivity contribution is 5.99. The Morgan fingerprint density at radius 1 is 0.481 bits per heavy atom. The zero-order chi connectivity index (χ0) is 57.8. The molecule has 19 nitrogen and oxygen atoms in total.